The molecule has 0 aromatic heterocycles. The van der Waals surface area contributed by atoms with Crippen molar-refractivity contribution in [3.8, 4) is 0 Å². The van der Waals surface area contributed by atoms with Crippen molar-refractivity contribution in [2.45, 2.75) is 52.1 Å². The number of rotatable bonds is 7. The minimum atomic E-state index is -0.524. The number of hydrogen-bond acceptors (Lipinski definition) is 2. The summed E-state index contributed by atoms with van der Waals surface area (Å²) in [5.74, 6) is 2.21. The molecule has 0 bridgehead atoms. The van der Waals surface area contributed by atoms with Gasteiger partial charge in [-0.1, -0.05) is 13.8 Å². The smallest absolute Gasteiger partial charge is 0.0768 e. The third-order valence-electron chi connectivity index (χ3n) is 4.21. The molecule has 1 N–H and O–H groups in total. The average Bonchev–Trinajstić information content (AvgIpc) is 2.98. The average molecular weight is 225 g/mol. The zero-order valence-corrected chi connectivity index (χ0v) is 11.1. The van der Waals surface area contributed by atoms with E-state index in [0.717, 1.165) is 18.4 Å². The normalized spacial score (nSPS) is 25.1. The van der Waals surface area contributed by atoms with Crippen molar-refractivity contribution in [3.05, 3.63) is 0 Å². The highest BCUT2D eigenvalue weighted by molar-refractivity contribution is 4.87. The van der Waals surface area contributed by atoms with Crippen molar-refractivity contribution in [3.63, 3.8) is 0 Å². The second kappa shape index (κ2) is 4.66. The maximum absolute atomic E-state index is 10.4. The lowest BCUT2D eigenvalue weighted by molar-refractivity contribution is -0.0208. The third-order valence-corrected chi connectivity index (χ3v) is 4.21. The molecule has 0 aromatic carbocycles. The van der Waals surface area contributed by atoms with E-state index < -0.39 is 5.60 Å². The Morgan fingerprint density at radius 2 is 1.56 bits per heavy atom. The molecule has 94 valence electrons. The van der Waals surface area contributed by atoms with Gasteiger partial charge in [-0.25, -0.2) is 0 Å². The quantitative estimate of drug-likeness (QED) is 0.719. The van der Waals surface area contributed by atoms with E-state index in [1.807, 2.05) is 6.92 Å². The van der Waals surface area contributed by atoms with E-state index in [0.29, 0.717) is 5.92 Å². The first-order chi connectivity index (χ1) is 7.47. The van der Waals surface area contributed by atoms with Crippen molar-refractivity contribution >= 4 is 0 Å². The SMILES string of the molecule is CC(C)C(C)(O)CN(CC1CC1)CC1CC1. The molecule has 2 aliphatic rings. The fourth-order valence-corrected chi connectivity index (χ4v) is 2.17. The van der Waals surface area contributed by atoms with E-state index in [9.17, 15) is 5.11 Å². The van der Waals surface area contributed by atoms with Crippen LogP contribution in [0.5, 0.6) is 0 Å². The van der Waals surface area contributed by atoms with Gasteiger partial charge in [-0.2, -0.15) is 0 Å². The predicted octanol–water partition coefficient (Wildman–Crippen LogP) is 2.52. The second-order valence-corrected chi connectivity index (χ2v) is 6.59. The minimum absolute atomic E-state index is 0.341. The Kier molecular flexibility index (Phi) is 3.60. The molecule has 0 heterocycles. The fraction of sp³-hybridized carbons (Fsp3) is 1.00. The molecule has 0 amide bonds. The zero-order chi connectivity index (χ0) is 11.8. The Hall–Kier alpha value is -0.0800. The van der Waals surface area contributed by atoms with Crippen LogP contribution in [0, 0.1) is 17.8 Å². The van der Waals surface area contributed by atoms with Crippen LogP contribution >= 0.6 is 0 Å². The van der Waals surface area contributed by atoms with Gasteiger partial charge in [0.15, 0.2) is 0 Å². The topological polar surface area (TPSA) is 23.5 Å². The van der Waals surface area contributed by atoms with E-state index >= 15 is 0 Å². The Balaban J connectivity index is 1.83. The van der Waals surface area contributed by atoms with Gasteiger partial charge in [0, 0.05) is 19.6 Å². The molecular formula is C14H27NO. The van der Waals surface area contributed by atoms with Gasteiger partial charge >= 0.3 is 0 Å². The van der Waals surface area contributed by atoms with Gasteiger partial charge in [0.05, 0.1) is 5.60 Å². The van der Waals surface area contributed by atoms with Gasteiger partial charge in [-0.3, -0.25) is 4.90 Å². The first kappa shape index (κ1) is 12.4. The Morgan fingerprint density at radius 1 is 1.12 bits per heavy atom. The van der Waals surface area contributed by atoms with Crippen LogP contribution in [0.4, 0.5) is 0 Å². The summed E-state index contributed by atoms with van der Waals surface area (Å²) in [7, 11) is 0. The third kappa shape index (κ3) is 3.74. The minimum Gasteiger partial charge on any atom is -0.389 e. The molecule has 16 heavy (non-hydrogen) atoms. The summed E-state index contributed by atoms with van der Waals surface area (Å²) in [4.78, 5) is 2.52. The van der Waals surface area contributed by atoms with Crippen molar-refractivity contribution in [1.82, 2.24) is 4.90 Å². The van der Waals surface area contributed by atoms with E-state index in [4.69, 9.17) is 0 Å². The van der Waals surface area contributed by atoms with Crippen molar-refractivity contribution in [2.24, 2.45) is 17.8 Å². The summed E-state index contributed by atoms with van der Waals surface area (Å²) in [5, 5.41) is 10.4. The number of nitrogens with zero attached hydrogens (tertiary/aromatic N) is 1. The van der Waals surface area contributed by atoms with Crippen LogP contribution in [0.25, 0.3) is 0 Å². The van der Waals surface area contributed by atoms with E-state index in [1.54, 1.807) is 0 Å². The summed E-state index contributed by atoms with van der Waals surface area (Å²) in [6.45, 7) is 9.53. The highest BCUT2D eigenvalue weighted by Gasteiger charge is 2.34. The van der Waals surface area contributed by atoms with E-state index in [2.05, 4.69) is 18.7 Å². The number of hydrogen-bond donors (Lipinski definition) is 1. The van der Waals surface area contributed by atoms with Crippen LogP contribution in [0.15, 0.2) is 0 Å². The van der Waals surface area contributed by atoms with Crippen LogP contribution in [0.3, 0.4) is 0 Å². The zero-order valence-electron chi connectivity index (χ0n) is 11.1. The molecular weight excluding hydrogens is 198 g/mol. The predicted molar refractivity (Wildman–Crippen MR) is 67.3 cm³/mol. The van der Waals surface area contributed by atoms with Crippen LogP contribution < -0.4 is 0 Å². The van der Waals surface area contributed by atoms with Gasteiger partial charge < -0.3 is 5.11 Å². The highest BCUT2D eigenvalue weighted by atomic mass is 16.3. The lowest BCUT2D eigenvalue weighted by Gasteiger charge is -2.34. The van der Waals surface area contributed by atoms with Crippen LogP contribution in [-0.2, 0) is 0 Å². The molecule has 0 spiro atoms. The van der Waals surface area contributed by atoms with Crippen LogP contribution in [0.2, 0.25) is 0 Å². The Bertz CT molecular complexity index is 215. The molecule has 0 aromatic rings. The summed E-state index contributed by atoms with van der Waals surface area (Å²) >= 11 is 0. The lowest BCUT2D eigenvalue weighted by atomic mass is 9.92. The van der Waals surface area contributed by atoms with E-state index in [1.165, 1.54) is 38.8 Å². The summed E-state index contributed by atoms with van der Waals surface area (Å²) in [6.07, 6.45) is 5.63. The monoisotopic (exact) mass is 225 g/mol. The Morgan fingerprint density at radius 3 is 1.88 bits per heavy atom. The van der Waals surface area contributed by atoms with Crippen molar-refractivity contribution in [2.75, 3.05) is 19.6 Å². The summed E-state index contributed by atoms with van der Waals surface area (Å²) < 4.78 is 0. The van der Waals surface area contributed by atoms with Crippen LogP contribution in [0.1, 0.15) is 46.5 Å². The molecule has 1 unspecified atom stereocenters. The maximum atomic E-state index is 10.4. The summed E-state index contributed by atoms with van der Waals surface area (Å²) in [5.41, 5.74) is -0.524. The Labute approximate surface area is 100 Å². The molecule has 2 aliphatic carbocycles. The molecule has 0 aliphatic heterocycles. The van der Waals surface area contributed by atoms with Crippen molar-refractivity contribution in [1.29, 1.82) is 0 Å². The highest BCUT2D eigenvalue weighted by Crippen LogP contribution is 2.34. The molecule has 0 radical (unpaired) electrons. The molecule has 0 saturated heterocycles. The lowest BCUT2D eigenvalue weighted by Crippen LogP contribution is -2.45. The van der Waals surface area contributed by atoms with Gasteiger partial charge in [0.25, 0.3) is 0 Å². The molecule has 2 fully saturated rings. The first-order valence-corrected chi connectivity index (χ1v) is 6.92. The fourth-order valence-electron chi connectivity index (χ4n) is 2.17. The standard InChI is InChI=1S/C14H27NO/c1-11(2)14(3,16)10-15(8-12-4-5-12)9-13-6-7-13/h11-13,16H,4-10H2,1-3H3. The van der Waals surface area contributed by atoms with Gasteiger partial charge in [-0.05, 0) is 50.4 Å². The van der Waals surface area contributed by atoms with Crippen molar-refractivity contribution < 1.29 is 5.11 Å². The van der Waals surface area contributed by atoms with Gasteiger partial charge in [0.2, 0.25) is 0 Å². The molecule has 2 rings (SSSR count). The maximum Gasteiger partial charge on any atom is 0.0768 e. The molecule has 2 saturated carbocycles. The van der Waals surface area contributed by atoms with Gasteiger partial charge in [0.1, 0.15) is 0 Å². The number of aliphatic hydroxyl groups is 1. The largest absolute Gasteiger partial charge is 0.389 e. The molecule has 2 heteroatoms. The summed E-state index contributed by atoms with van der Waals surface area (Å²) in [6, 6.07) is 0. The van der Waals surface area contributed by atoms with Crippen LogP contribution in [-0.4, -0.2) is 35.2 Å². The first-order valence-electron chi connectivity index (χ1n) is 6.92. The molecule has 2 nitrogen and oxygen atoms in total. The molecule has 1 atom stereocenters. The van der Waals surface area contributed by atoms with Gasteiger partial charge in [-0.15, -0.1) is 0 Å². The second-order valence-electron chi connectivity index (χ2n) is 6.59. The van der Waals surface area contributed by atoms with E-state index in [-0.39, 0.29) is 0 Å².